The molecule has 9 heteroatoms. The summed E-state index contributed by atoms with van der Waals surface area (Å²) >= 11 is 5.96. The highest BCUT2D eigenvalue weighted by molar-refractivity contribution is 6.31. The zero-order valence-corrected chi connectivity index (χ0v) is 14.9. The van der Waals surface area contributed by atoms with E-state index in [0.29, 0.717) is 22.0 Å². The largest absolute Gasteiger partial charge is 0.318 e. The van der Waals surface area contributed by atoms with E-state index in [1.165, 1.54) is 18.3 Å². The number of carbonyl (C=O) groups excluding carboxylic acids is 1. The van der Waals surface area contributed by atoms with Crippen LogP contribution in [0.15, 0.2) is 24.2 Å². The Morgan fingerprint density at radius 2 is 2.15 bits per heavy atom. The fourth-order valence-electron chi connectivity index (χ4n) is 2.53. The summed E-state index contributed by atoms with van der Waals surface area (Å²) in [5.41, 5.74) is 1.11. The number of rotatable bonds is 3. The molecular formula is C18H12ClF2N5O. The van der Waals surface area contributed by atoms with Gasteiger partial charge in [-0.3, -0.25) is 14.9 Å². The summed E-state index contributed by atoms with van der Waals surface area (Å²) in [7, 11) is 0. The molecule has 0 fully saturated rings. The molecule has 2 heterocycles. The van der Waals surface area contributed by atoms with Crippen LogP contribution in [0, 0.1) is 31.0 Å². The van der Waals surface area contributed by atoms with Crippen LogP contribution in [0.5, 0.6) is 0 Å². The molecule has 2 N–H and O–H groups in total. The fraction of sp³-hybridized carbons (Fsp3) is 0.111. The van der Waals surface area contributed by atoms with Gasteiger partial charge >= 0.3 is 0 Å². The number of aromatic nitrogens is 3. The summed E-state index contributed by atoms with van der Waals surface area (Å²) in [5.74, 6) is -3.08. The molecular weight excluding hydrogens is 376 g/mol. The number of amides is 1. The Hall–Kier alpha value is -3.31. The van der Waals surface area contributed by atoms with Crippen LogP contribution in [-0.4, -0.2) is 21.1 Å². The van der Waals surface area contributed by atoms with Gasteiger partial charge in [0.05, 0.1) is 16.4 Å². The number of nitriles is 1. The number of hydrogen-bond donors (Lipinski definition) is 2. The molecule has 0 aliphatic carbocycles. The topological polar surface area (TPSA) is 94.5 Å². The first-order chi connectivity index (χ1) is 12.8. The number of aromatic amines is 1. The number of H-pyrrole nitrogens is 1. The van der Waals surface area contributed by atoms with Gasteiger partial charge < -0.3 is 5.32 Å². The molecule has 0 spiro atoms. The second kappa shape index (κ2) is 7.13. The van der Waals surface area contributed by atoms with Crippen molar-refractivity contribution >= 4 is 40.2 Å². The lowest BCUT2D eigenvalue weighted by Crippen LogP contribution is -2.14. The molecule has 0 unspecified atom stereocenters. The van der Waals surface area contributed by atoms with E-state index in [0.717, 1.165) is 6.08 Å². The second-order valence-corrected chi connectivity index (χ2v) is 6.12. The first kappa shape index (κ1) is 18.5. The third-order valence-corrected chi connectivity index (χ3v) is 4.40. The highest BCUT2D eigenvalue weighted by Gasteiger charge is 2.17. The van der Waals surface area contributed by atoms with E-state index in [1.807, 2.05) is 6.07 Å². The van der Waals surface area contributed by atoms with Gasteiger partial charge in [-0.15, -0.1) is 0 Å². The Labute approximate surface area is 157 Å². The number of fused-ring (bicyclic) bond motifs is 1. The molecule has 0 saturated carbocycles. The molecule has 3 aromatic rings. The van der Waals surface area contributed by atoms with Gasteiger partial charge in [0.1, 0.15) is 11.6 Å². The van der Waals surface area contributed by atoms with Crippen molar-refractivity contribution < 1.29 is 13.6 Å². The summed E-state index contributed by atoms with van der Waals surface area (Å²) in [5, 5.41) is 18.0. The first-order valence-corrected chi connectivity index (χ1v) is 8.08. The molecule has 0 saturated heterocycles. The van der Waals surface area contributed by atoms with Crippen LogP contribution in [0.1, 0.15) is 22.5 Å². The van der Waals surface area contributed by atoms with E-state index < -0.39 is 17.6 Å². The first-order valence-electron chi connectivity index (χ1n) is 7.70. The summed E-state index contributed by atoms with van der Waals surface area (Å²) in [4.78, 5) is 16.2. The minimum absolute atomic E-state index is 0.0250. The molecule has 1 aromatic carbocycles. The summed E-state index contributed by atoms with van der Waals surface area (Å²) in [6.07, 6.45) is 2.19. The predicted octanol–water partition coefficient (Wildman–Crippen LogP) is 4.19. The number of halogens is 3. The molecule has 0 atom stereocenters. The maximum atomic E-state index is 14.5. The van der Waals surface area contributed by atoms with Crippen molar-refractivity contribution in [3.8, 4) is 6.07 Å². The van der Waals surface area contributed by atoms with Crippen LogP contribution in [0.25, 0.3) is 17.0 Å². The number of nitrogens with zero attached hydrogens (tertiary/aromatic N) is 3. The van der Waals surface area contributed by atoms with E-state index >= 15 is 0 Å². The van der Waals surface area contributed by atoms with E-state index in [2.05, 4.69) is 20.5 Å². The minimum atomic E-state index is -1.20. The second-order valence-electron chi connectivity index (χ2n) is 5.71. The van der Waals surface area contributed by atoms with Crippen LogP contribution in [0.2, 0.25) is 5.02 Å². The molecule has 0 radical (unpaired) electrons. The van der Waals surface area contributed by atoms with Gasteiger partial charge in [-0.05, 0) is 31.6 Å². The van der Waals surface area contributed by atoms with E-state index in [4.69, 9.17) is 16.9 Å². The van der Waals surface area contributed by atoms with Crippen molar-refractivity contribution in [3.63, 3.8) is 0 Å². The number of nitrogens with one attached hydrogen (secondary N) is 2. The van der Waals surface area contributed by atoms with Crippen LogP contribution < -0.4 is 5.32 Å². The molecule has 6 nitrogen and oxygen atoms in total. The normalized spacial score (nSPS) is 11.5. The summed E-state index contributed by atoms with van der Waals surface area (Å²) < 4.78 is 28.8. The average molecular weight is 388 g/mol. The van der Waals surface area contributed by atoms with Gasteiger partial charge in [-0.25, -0.2) is 8.78 Å². The number of anilines is 1. The van der Waals surface area contributed by atoms with Crippen molar-refractivity contribution in [1.29, 1.82) is 5.26 Å². The van der Waals surface area contributed by atoms with Gasteiger partial charge in [0.15, 0.2) is 17.3 Å². The van der Waals surface area contributed by atoms with Gasteiger partial charge in [0.2, 0.25) is 0 Å². The number of aryl methyl sites for hydroxylation is 1. The molecule has 1 amide bonds. The molecule has 3 rings (SSSR count). The van der Waals surface area contributed by atoms with Crippen molar-refractivity contribution in [2.24, 2.45) is 0 Å². The van der Waals surface area contributed by atoms with E-state index in [9.17, 15) is 13.6 Å². The maximum Gasteiger partial charge on any atom is 0.284 e. The minimum Gasteiger partial charge on any atom is -0.318 e. The monoisotopic (exact) mass is 387 g/mol. The zero-order chi connectivity index (χ0) is 19.7. The quantitative estimate of drug-likeness (QED) is 0.659. The smallest absolute Gasteiger partial charge is 0.284 e. The Kier molecular flexibility index (Phi) is 4.88. The lowest BCUT2D eigenvalue weighted by Gasteiger charge is -2.11. The Morgan fingerprint density at radius 1 is 1.41 bits per heavy atom. The highest BCUT2D eigenvalue weighted by Crippen LogP contribution is 2.27. The molecule has 2 aromatic heterocycles. The van der Waals surface area contributed by atoms with Crippen LogP contribution in [-0.2, 0) is 4.79 Å². The molecule has 0 aliphatic rings. The van der Waals surface area contributed by atoms with Crippen LogP contribution in [0.3, 0.4) is 0 Å². The number of benzene rings is 1. The summed E-state index contributed by atoms with van der Waals surface area (Å²) in [6, 6.07) is 4.50. The molecule has 0 bridgehead atoms. The van der Waals surface area contributed by atoms with Crippen LogP contribution >= 0.6 is 11.6 Å². The van der Waals surface area contributed by atoms with Crippen molar-refractivity contribution in [3.05, 3.63) is 57.5 Å². The van der Waals surface area contributed by atoms with Gasteiger partial charge in [0.25, 0.3) is 5.91 Å². The lowest BCUT2D eigenvalue weighted by atomic mass is 10.1. The average Bonchev–Trinajstić information content (AvgIpc) is 3.08. The zero-order valence-electron chi connectivity index (χ0n) is 14.2. The number of hydrogen-bond acceptors (Lipinski definition) is 4. The van der Waals surface area contributed by atoms with Gasteiger partial charge in [-0.2, -0.15) is 10.4 Å². The van der Waals surface area contributed by atoms with Gasteiger partial charge in [-0.1, -0.05) is 17.7 Å². The molecule has 27 heavy (non-hydrogen) atoms. The third kappa shape index (κ3) is 3.37. The van der Waals surface area contributed by atoms with Gasteiger partial charge in [0, 0.05) is 17.1 Å². The maximum absolute atomic E-state index is 14.5. The third-order valence-electron chi connectivity index (χ3n) is 4.02. The number of carbonyl (C=O) groups is 1. The standard InChI is InChI=1S/C18H12ClF2N5O/c1-8-12(19)7-23-9(2)16(8)24-18(27)13(20)5-10-3-4-11-14(6-22)25-26-17(11)15(10)21/h3-5,7H,1-2H3,(H,24,27)(H,25,26)/b13-5-. The highest BCUT2D eigenvalue weighted by atomic mass is 35.5. The van der Waals surface area contributed by atoms with Crippen molar-refractivity contribution in [2.45, 2.75) is 13.8 Å². The Balaban J connectivity index is 1.93. The lowest BCUT2D eigenvalue weighted by molar-refractivity contribution is -0.114. The summed E-state index contributed by atoms with van der Waals surface area (Å²) in [6.45, 7) is 3.30. The van der Waals surface area contributed by atoms with Crippen LogP contribution in [0.4, 0.5) is 14.5 Å². The Bertz CT molecular complexity index is 1150. The predicted molar refractivity (Wildman–Crippen MR) is 97.2 cm³/mol. The number of pyridine rings is 1. The SMILES string of the molecule is Cc1ncc(Cl)c(C)c1NC(=O)/C(F)=C/c1ccc2c(C#N)n[nH]c2c1F. The van der Waals surface area contributed by atoms with Crippen molar-refractivity contribution in [1.82, 2.24) is 15.2 Å². The molecule has 0 aliphatic heterocycles. The fourth-order valence-corrected chi connectivity index (χ4v) is 2.68. The van der Waals surface area contributed by atoms with E-state index in [-0.39, 0.29) is 22.2 Å². The Morgan fingerprint density at radius 3 is 2.85 bits per heavy atom. The van der Waals surface area contributed by atoms with Crippen molar-refractivity contribution in [2.75, 3.05) is 5.32 Å². The molecule has 136 valence electrons. The van der Waals surface area contributed by atoms with E-state index in [1.54, 1.807) is 13.8 Å².